The molecule has 9 nitrogen and oxygen atoms in total. The average Bonchev–Trinajstić information content (AvgIpc) is 3.45. The Kier molecular flexibility index (Phi) is 5.91. The molecule has 0 bridgehead atoms. The Morgan fingerprint density at radius 3 is 2.45 bits per heavy atom. The second-order valence-corrected chi connectivity index (χ2v) is 9.62. The van der Waals surface area contributed by atoms with Crippen LogP contribution in [0, 0.1) is 0 Å². The van der Waals surface area contributed by atoms with Crippen LogP contribution < -0.4 is 10.0 Å². The van der Waals surface area contributed by atoms with Crippen LogP contribution in [-0.4, -0.2) is 41.4 Å². The summed E-state index contributed by atoms with van der Waals surface area (Å²) in [5, 5.41) is 24.6. The van der Waals surface area contributed by atoms with Crippen molar-refractivity contribution in [1.82, 2.24) is 14.5 Å². The quantitative estimate of drug-likeness (QED) is 0.497. The molecule has 0 atom stereocenters. The number of carbonyl (C=O) groups excluding carboxylic acids is 1. The number of hydrogen-bond acceptors (Lipinski definition) is 6. The fraction of sp³-hybridized carbons (Fsp3) is 0.400. The van der Waals surface area contributed by atoms with Crippen LogP contribution in [0.1, 0.15) is 42.0 Å². The lowest BCUT2D eigenvalue weighted by Crippen LogP contribution is -2.35. The molecule has 4 rings (SSSR count). The maximum atomic E-state index is 12.6. The van der Waals surface area contributed by atoms with Crippen LogP contribution in [0.3, 0.4) is 0 Å². The first-order valence-corrected chi connectivity index (χ1v) is 11.8. The Labute approximate surface area is 181 Å². The number of nitrogens with one attached hydrogen (secondary N) is 2. The average molecular weight is 444 g/mol. The first-order valence-electron chi connectivity index (χ1n) is 10.3. The van der Waals surface area contributed by atoms with Crippen molar-refractivity contribution in [3.8, 4) is 0 Å². The number of fused-ring (bicyclic) bond motifs is 2. The number of aromatic nitrogens is 2. The largest absolute Gasteiger partial charge is 0.483 e. The smallest absolute Gasteiger partial charge is 0.423 e. The molecule has 2 amide bonds. The van der Waals surface area contributed by atoms with Crippen molar-refractivity contribution < 1.29 is 23.3 Å². The SMILES string of the molecule is CC(=CCn1ccc(S(=O)(=O)NC(=O)Nc2c3c(cc4c2CCC4)CCC3)n1)B(O)O. The monoisotopic (exact) mass is 444 g/mol. The molecule has 11 heteroatoms. The summed E-state index contributed by atoms with van der Waals surface area (Å²) in [7, 11) is -5.73. The number of amides is 2. The lowest BCUT2D eigenvalue weighted by molar-refractivity contribution is 0.256. The van der Waals surface area contributed by atoms with E-state index >= 15 is 0 Å². The van der Waals surface area contributed by atoms with Gasteiger partial charge in [-0.25, -0.2) is 9.52 Å². The summed E-state index contributed by atoms with van der Waals surface area (Å²) < 4.78 is 28.6. The predicted octanol–water partition coefficient (Wildman–Crippen LogP) is 1.33. The predicted molar refractivity (Wildman–Crippen MR) is 116 cm³/mol. The summed E-state index contributed by atoms with van der Waals surface area (Å²) >= 11 is 0. The van der Waals surface area contributed by atoms with Crippen molar-refractivity contribution in [2.75, 3.05) is 5.32 Å². The molecular weight excluding hydrogens is 419 g/mol. The van der Waals surface area contributed by atoms with E-state index in [1.807, 2.05) is 0 Å². The van der Waals surface area contributed by atoms with Gasteiger partial charge in [-0.3, -0.25) is 4.68 Å². The number of aryl methyl sites for hydroxylation is 2. The van der Waals surface area contributed by atoms with Crippen LogP contribution in [-0.2, 0) is 42.3 Å². The minimum atomic E-state index is -4.16. The molecule has 2 aliphatic rings. The highest BCUT2D eigenvalue weighted by Gasteiger charge is 2.27. The summed E-state index contributed by atoms with van der Waals surface area (Å²) in [6.07, 6.45) is 8.75. The van der Waals surface area contributed by atoms with Gasteiger partial charge in [0.2, 0.25) is 0 Å². The maximum Gasteiger partial charge on any atom is 0.483 e. The van der Waals surface area contributed by atoms with Gasteiger partial charge in [-0.1, -0.05) is 12.1 Å². The normalized spacial score (nSPS) is 15.5. The van der Waals surface area contributed by atoms with Crippen molar-refractivity contribution in [2.24, 2.45) is 0 Å². The number of anilines is 1. The van der Waals surface area contributed by atoms with Gasteiger partial charge in [0.15, 0.2) is 5.03 Å². The minimum Gasteiger partial charge on any atom is -0.423 e. The molecule has 0 aliphatic heterocycles. The Bertz CT molecular complexity index is 1120. The van der Waals surface area contributed by atoms with E-state index in [1.54, 1.807) is 0 Å². The van der Waals surface area contributed by atoms with Gasteiger partial charge in [-0.2, -0.15) is 13.5 Å². The molecule has 1 aromatic carbocycles. The van der Waals surface area contributed by atoms with Crippen LogP contribution >= 0.6 is 0 Å². The number of urea groups is 1. The third-order valence-electron chi connectivity index (χ3n) is 5.84. The molecule has 1 aromatic heterocycles. The summed E-state index contributed by atoms with van der Waals surface area (Å²) in [4.78, 5) is 12.6. The zero-order valence-corrected chi connectivity index (χ0v) is 18.1. The van der Waals surface area contributed by atoms with Gasteiger partial charge in [-0.05, 0) is 79.2 Å². The van der Waals surface area contributed by atoms with Crippen molar-refractivity contribution in [1.29, 1.82) is 0 Å². The molecule has 0 fully saturated rings. The fourth-order valence-electron chi connectivity index (χ4n) is 4.21. The van der Waals surface area contributed by atoms with Gasteiger partial charge in [0, 0.05) is 11.9 Å². The van der Waals surface area contributed by atoms with Crippen LogP contribution in [0.15, 0.2) is 34.9 Å². The number of nitrogens with zero attached hydrogens (tertiary/aromatic N) is 2. The van der Waals surface area contributed by atoms with E-state index in [0.717, 1.165) is 55.3 Å². The molecule has 0 unspecified atom stereocenters. The van der Waals surface area contributed by atoms with Crippen molar-refractivity contribution in [2.45, 2.75) is 57.0 Å². The molecule has 31 heavy (non-hydrogen) atoms. The molecule has 0 radical (unpaired) electrons. The molecule has 0 saturated heterocycles. The van der Waals surface area contributed by atoms with Crippen molar-refractivity contribution in [3.63, 3.8) is 0 Å². The number of benzene rings is 1. The van der Waals surface area contributed by atoms with E-state index in [4.69, 9.17) is 10.0 Å². The van der Waals surface area contributed by atoms with E-state index < -0.39 is 23.2 Å². The molecule has 0 saturated carbocycles. The fourth-order valence-corrected chi connectivity index (χ4v) is 5.06. The second kappa shape index (κ2) is 8.48. The molecule has 4 N–H and O–H groups in total. The Hall–Kier alpha value is -2.63. The van der Waals surface area contributed by atoms with Gasteiger partial charge in [0.1, 0.15) is 0 Å². The standard InChI is InChI=1S/C20H25BN4O5S/c1-13(21(27)28)8-10-25-11-9-18(23-25)31(29,30)24-20(26)22-19-16-6-2-4-14(16)12-15-5-3-7-17(15)19/h8-9,11-12,27-28H,2-7,10H2,1H3,(H2,22,24,26). The van der Waals surface area contributed by atoms with E-state index in [1.165, 1.54) is 41.1 Å². The van der Waals surface area contributed by atoms with Gasteiger partial charge in [0.05, 0.1) is 6.54 Å². The summed E-state index contributed by atoms with van der Waals surface area (Å²) in [5.74, 6) is 0. The number of sulfonamides is 1. The second-order valence-electron chi connectivity index (χ2n) is 7.99. The van der Waals surface area contributed by atoms with Crippen molar-refractivity contribution in [3.05, 3.63) is 52.1 Å². The number of carbonyl (C=O) groups is 1. The molecule has 0 spiro atoms. The lowest BCUT2D eigenvalue weighted by atomic mass is 9.80. The van der Waals surface area contributed by atoms with Gasteiger partial charge in [-0.15, -0.1) is 0 Å². The number of hydrogen-bond donors (Lipinski definition) is 4. The summed E-state index contributed by atoms with van der Waals surface area (Å²) in [5.41, 5.74) is 5.81. The zero-order chi connectivity index (χ0) is 22.2. The van der Waals surface area contributed by atoms with Gasteiger partial charge >= 0.3 is 13.1 Å². The maximum absolute atomic E-state index is 12.6. The first kappa shape index (κ1) is 21.6. The van der Waals surface area contributed by atoms with Gasteiger partial charge < -0.3 is 15.4 Å². The van der Waals surface area contributed by atoms with Crippen LogP contribution in [0.4, 0.5) is 10.5 Å². The molecular formula is C20H25BN4O5S. The minimum absolute atomic E-state index is 0.160. The third-order valence-corrected chi connectivity index (χ3v) is 7.06. The topological polar surface area (TPSA) is 134 Å². The zero-order valence-electron chi connectivity index (χ0n) is 17.3. The number of rotatable bonds is 6. The summed E-state index contributed by atoms with van der Waals surface area (Å²) in [6.45, 7) is 1.70. The van der Waals surface area contributed by atoms with E-state index in [0.29, 0.717) is 5.47 Å². The Morgan fingerprint density at radius 1 is 1.19 bits per heavy atom. The molecule has 1 heterocycles. The highest BCUT2D eigenvalue weighted by molar-refractivity contribution is 7.90. The highest BCUT2D eigenvalue weighted by atomic mass is 32.2. The van der Waals surface area contributed by atoms with E-state index in [2.05, 4.69) is 21.2 Å². The number of allylic oxidation sites excluding steroid dienone is 2. The highest BCUT2D eigenvalue weighted by Crippen LogP contribution is 2.38. The van der Waals surface area contributed by atoms with E-state index in [-0.39, 0.29) is 11.6 Å². The first-order chi connectivity index (χ1) is 14.7. The lowest BCUT2D eigenvalue weighted by Gasteiger charge is -2.16. The Balaban J connectivity index is 1.48. The van der Waals surface area contributed by atoms with Crippen LogP contribution in [0.5, 0.6) is 0 Å². The van der Waals surface area contributed by atoms with E-state index in [9.17, 15) is 13.2 Å². The van der Waals surface area contributed by atoms with Crippen LogP contribution in [0.2, 0.25) is 0 Å². The molecule has 2 aliphatic carbocycles. The molecule has 2 aromatic rings. The Morgan fingerprint density at radius 2 is 1.84 bits per heavy atom. The summed E-state index contributed by atoms with van der Waals surface area (Å²) in [6, 6.07) is 2.72. The van der Waals surface area contributed by atoms with Crippen molar-refractivity contribution >= 4 is 28.9 Å². The van der Waals surface area contributed by atoms with Gasteiger partial charge in [0.25, 0.3) is 10.0 Å². The molecule has 164 valence electrons. The third kappa shape index (κ3) is 4.53. The van der Waals surface area contributed by atoms with Crippen LogP contribution in [0.25, 0.3) is 0 Å².